The molecule has 16 rings (SSSR count). The van der Waals surface area contributed by atoms with E-state index >= 15 is 0 Å². The van der Waals surface area contributed by atoms with Crippen LogP contribution in [0.15, 0.2) is 244 Å². The first-order valence-corrected chi connectivity index (χ1v) is 28.5. The van der Waals surface area contributed by atoms with Gasteiger partial charge in [0.1, 0.15) is 0 Å². The lowest BCUT2D eigenvalue weighted by atomic mass is 9.99. The van der Waals surface area contributed by atoms with E-state index in [1.54, 1.807) is 0 Å². The minimum Gasteiger partial charge on any atom is -0.355 e. The average molecular weight is 1310 g/mol. The molecule has 0 spiro atoms. The number of rotatable bonds is 1. The number of para-hydroxylation sites is 3. The van der Waals surface area contributed by atoms with Crippen molar-refractivity contribution in [3.63, 3.8) is 0 Å². The molecule has 0 saturated heterocycles. The number of nitrogens with one attached hydrogen (secondary N) is 1. The van der Waals surface area contributed by atoms with Gasteiger partial charge in [-0.2, -0.15) is 0 Å². The Labute approximate surface area is 480 Å². The lowest BCUT2D eigenvalue weighted by Crippen LogP contribution is -1.95. The smallest absolute Gasteiger partial charge is 0.0620 e. The Balaban J connectivity index is 0.000000101. The lowest BCUT2D eigenvalue weighted by Gasteiger charge is -2.13. The van der Waals surface area contributed by atoms with Gasteiger partial charge in [0.25, 0.3) is 0 Å². The maximum atomic E-state index is 6.59. The predicted octanol–water partition coefficient (Wildman–Crippen LogP) is 22.3. The van der Waals surface area contributed by atoms with Crippen LogP contribution in [-0.4, -0.2) is 14.0 Å². The summed E-state index contributed by atoms with van der Waals surface area (Å²) in [5.74, 6) is 0. The summed E-state index contributed by atoms with van der Waals surface area (Å²) in [5.41, 5.74) is 9.72. The van der Waals surface area contributed by atoms with Crippen molar-refractivity contribution in [1.82, 2.24) is 14.0 Å². The number of aromatic nitrogens is 3. The first-order chi connectivity index (χ1) is 36.7. The minimum atomic E-state index is 0.774. The van der Waals surface area contributed by atoms with E-state index in [9.17, 15) is 0 Å². The molecule has 0 atom stereocenters. The van der Waals surface area contributed by atoms with Crippen LogP contribution in [0, 0.1) is 3.57 Å². The van der Waals surface area contributed by atoms with Crippen LogP contribution in [0.3, 0.4) is 0 Å². The van der Waals surface area contributed by atoms with E-state index in [0.29, 0.717) is 0 Å². The first kappa shape index (κ1) is 48.2. The van der Waals surface area contributed by atoms with Gasteiger partial charge in [0.15, 0.2) is 0 Å². The van der Waals surface area contributed by atoms with E-state index in [1.165, 1.54) is 101 Å². The summed E-state index contributed by atoms with van der Waals surface area (Å²) in [4.78, 5) is 3.38. The molecule has 1 N–H and O–H groups in total. The summed E-state index contributed by atoms with van der Waals surface area (Å²) < 4.78 is 9.28. The Morgan fingerprint density at radius 3 is 1.56 bits per heavy atom. The third-order valence-corrected chi connectivity index (χ3v) is 17.1. The number of benzene rings is 12. The van der Waals surface area contributed by atoms with Gasteiger partial charge in [-0.1, -0.05) is 204 Å². The number of hydrogen-bond donors (Lipinski definition) is 1. The van der Waals surface area contributed by atoms with Crippen molar-refractivity contribution in [2.24, 2.45) is 0 Å². The van der Waals surface area contributed by atoms with E-state index < -0.39 is 0 Å². The highest BCUT2D eigenvalue weighted by Crippen LogP contribution is 2.42. The van der Waals surface area contributed by atoms with Crippen LogP contribution >= 0.6 is 93.6 Å². The van der Waals surface area contributed by atoms with E-state index in [1.807, 2.05) is 36.4 Å². The van der Waals surface area contributed by atoms with Crippen molar-refractivity contribution in [1.29, 1.82) is 0 Å². The fraction of sp³-hybridized carbons (Fsp3) is 0. The van der Waals surface area contributed by atoms with Gasteiger partial charge in [0.05, 0.1) is 38.3 Å². The normalized spacial score (nSPS) is 11.6. The molecule has 0 fully saturated rings. The molecule has 9 heteroatoms. The van der Waals surface area contributed by atoms with Crippen LogP contribution in [0.1, 0.15) is 0 Å². The first-order valence-electron chi connectivity index (χ1n) is 24.3. The maximum Gasteiger partial charge on any atom is 0.0620 e. The van der Waals surface area contributed by atoms with Crippen molar-refractivity contribution in [2.45, 2.75) is 0 Å². The van der Waals surface area contributed by atoms with Gasteiger partial charge in [0.2, 0.25) is 0 Å². The third kappa shape index (κ3) is 8.53. The van der Waals surface area contributed by atoms with Gasteiger partial charge in [0, 0.05) is 86.9 Å². The largest absolute Gasteiger partial charge is 0.355 e. The second-order valence-corrected chi connectivity index (χ2v) is 23.2. The van der Waals surface area contributed by atoms with Gasteiger partial charge in [-0.3, -0.25) is 0 Å². The van der Waals surface area contributed by atoms with Crippen LogP contribution in [0.5, 0.6) is 0 Å². The molecule has 16 aromatic rings. The van der Waals surface area contributed by atoms with Crippen LogP contribution < -0.4 is 0 Å². The zero-order valence-electron chi connectivity index (χ0n) is 39.6. The summed E-state index contributed by atoms with van der Waals surface area (Å²) in [6.07, 6.45) is 0. The molecule has 0 saturated carbocycles. The fourth-order valence-corrected chi connectivity index (χ4v) is 13.7. The Hall–Kier alpha value is -6.43. The Morgan fingerprint density at radius 2 is 0.827 bits per heavy atom. The molecule has 0 aliphatic rings. The standard InChI is InChI=1S/C22H13BrClN.C22H12BrN.C12H8BrN.C10H6ClI/c23-15-11-12-20-17(13-15)16-7-1-2-9-19(16)25(20)21-10-4-6-14-5-3-8-18(24)22(14)21;23-14-11-17-15-7-1-2-9-19(15)24-20-10-4-6-13-5-3-8-16(21(13)20)18(12-14)22(17)24;13-8-5-6-12-10(7-8)9-3-1-2-4-11(9)14-12;11-8-5-1-3-7-4-2-6-9(12)10(7)8/h1-13H;1-12H;1-7,14H;1-6H. The highest BCUT2D eigenvalue weighted by atomic mass is 127. The molecule has 0 unspecified atom stereocenters. The lowest BCUT2D eigenvalue weighted by molar-refractivity contribution is 1.20. The van der Waals surface area contributed by atoms with Crippen LogP contribution in [0.2, 0.25) is 10.0 Å². The summed E-state index contributed by atoms with van der Waals surface area (Å²) >= 11 is 25.8. The predicted molar refractivity (Wildman–Crippen MR) is 342 cm³/mol. The van der Waals surface area contributed by atoms with Crippen molar-refractivity contribution >= 4 is 208 Å². The Bertz CT molecular complexity index is 4840. The van der Waals surface area contributed by atoms with Crippen molar-refractivity contribution < 1.29 is 0 Å². The maximum absolute atomic E-state index is 6.59. The Morgan fingerprint density at radius 1 is 0.347 bits per heavy atom. The second-order valence-electron chi connectivity index (χ2n) is 18.5. The second kappa shape index (κ2) is 19.9. The number of fused-ring (bicyclic) bond motifs is 13. The molecule has 4 heterocycles. The quantitative estimate of drug-likeness (QED) is 0.0963. The van der Waals surface area contributed by atoms with Gasteiger partial charge < -0.3 is 14.0 Å². The van der Waals surface area contributed by atoms with Gasteiger partial charge in [-0.05, 0) is 141 Å². The number of aromatic amines is 1. The molecule has 0 bridgehead atoms. The van der Waals surface area contributed by atoms with Crippen LogP contribution in [0.25, 0.3) is 120 Å². The van der Waals surface area contributed by atoms with Crippen LogP contribution in [0.4, 0.5) is 0 Å². The molecule has 360 valence electrons. The highest BCUT2D eigenvalue weighted by molar-refractivity contribution is 14.1. The molecular weight excluding hydrogens is 1270 g/mol. The van der Waals surface area contributed by atoms with Gasteiger partial charge in [-0.25, -0.2) is 0 Å². The number of H-pyrrole nitrogens is 1. The molecule has 3 nitrogen and oxygen atoms in total. The number of nitrogens with zero attached hydrogens (tertiary/aromatic N) is 2. The summed E-state index contributed by atoms with van der Waals surface area (Å²) in [7, 11) is 0. The molecule has 4 aromatic heterocycles. The summed E-state index contributed by atoms with van der Waals surface area (Å²) in [6, 6.07) is 80.5. The molecular formula is C66H39Br3Cl2IN3. The van der Waals surface area contributed by atoms with E-state index in [4.69, 9.17) is 23.2 Å². The number of pyridine rings is 1. The molecule has 0 amide bonds. The van der Waals surface area contributed by atoms with E-state index in [-0.39, 0.29) is 0 Å². The summed E-state index contributed by atoms with van der Waals surface area (Å²) in [5, 5.41) is 19.1. The molecule has 0 radical (unpaired) electrons. The topological polar surface area (TPSA) is 25.1 Å². The summed E-state index contributed by atoms with van der Waals surface area (Å²) in [6.45, 7) is 0. The van der Waals surface area contributed by atoms with Gasteiger partial charge >= 0.3 is 0 Å². The van der Waals surface area contributed by atoms with Crippen LogP contribution in [-0.2, 0) is 0 Å². The fourth-order valence-electron chi connectivity index (χ4n) is 11.0. The van der Waals surface area contributed by atoms with Crippen molar-refractivity contribution in [2.75, 3.05) is 0 Å². The average Bonchev–Trinajstić information content (AvgIpc) is 4.10. The number of halogens is 6. The minimum absolute atomic E-state index is 0.774. The zero-order valence-corrected chi connectivity index (χ0v) is 48.0. The zero-order chi connectivity index (χ0) is 50.9. The molecule has 12 aromatic carbocycles. The Kier molecular flexibility index (Phi) is 12.8. The number of hydrogen-bond acceptors (Lipinski definition) is 0. The van der Waals surface area contributed by atoms with Gasteiger partial charge in [-0.15, -0.1) is 0 Å². The molecule has 0 aliphatic heterocycles. The third-order valence-electron chi connectivity index (χ3n) is 14.1. The molecule has 0 aliphatic carbocycles. The van der Waals surface area contributed by atoms with Crippen molar-refractivity contribution in [3.05, 3.63) is 258 Å². The van der Waals surface area contributed by atoms with E-state index in [2.05, 4.69) is 278 Å². The monoisotopic (exact) mass is 1310 g/mol. The highest BCUT2D eigenvalue weighted by Gasteiger charge is 2.19. The van der Waals surface area contributed by atoms with E-state index in [0.717, 1.165) is 45.3 Å². The SMILES string of the molecule is Brc1cc2c3cccc4cccc(c43)n3c4ccccc4c(c1)c23.Brc1ccc2[nH]c3ccccc3c2c1.Clc1cccc2cccc(-n3c4ccccc4c4cc(Br)ccc43)c12.Clc1cccc2cccc(I)c12. The molecule has 75 heavy (non-hydrogen) atoms. The van der Waals surface area contributed by atoms with Crippen molar-refractivity contribution in [3.8, 4) is 5.69 Å².